The number of fused-ring (bicyclic) bond motifs is 4. The number of benzene rings is 2. The van der Waals surface area contributed by atoms with Crippen LogP contribution in [0.4, 0.5) is 5.69 Å². The average Bonchev–Trinajstić information content (AvgIpc) is 3.33. The molecule has 0 radical (unpaired) electrons. The monoisotopic (exact) mass is 428 g/mol. The van der Waals surface area contributed by atoms with Crippen LogP contribution in [0.15, 0.2) is 36.4 Å². The fourth-order valence-corrected chi connectivity index (χ4v) is 6.70. The third kappa shape index (κ3) is 2.92. The summed E-state index contributed by atoms with van der Waals surface area (Å²) in [4.78, 5) is 14.4. The Balaban J connectivity index is 1.68. The second kappa shape index (κ2) is 7.68. The number of hydrogen-bond acceptors (Lipinski definition) is 2. The van der Waals surface area contributed by atoms with Crippen LogP contribution in [0.1, 0.15) is 85.2 Å². The number of aromatic carboxylic acids is 1. The lowest BCUT2D eigenvalue weighted by Crippen LogP contribution is -2.26. The van der Waals surface area contributed by atoms with Crippen LogP contribution in [0.5, 0.6) is 0 Å². The highest BCUT2D eigenvalue weighted by Gasteiger charge is 2.35. The maximum atomic E-state index is 11.8. The molecule has 32 heavy (non-hydrogen) atoms. The molecule has 1 N–H and O–H groups in total. The smallest absolute Gasteiger partial charge is 0.335 e. The van der Waals surface area contributed by atoms with Gasteiger partial charge in [0, 0.05) is 47.7 Å². The second-order valence-electron chi connectivity index (χ2n) is 9.93. The van der Waals surface area contributed by atoms with Crippen LogP contribution in [-0.4, -0.2) is 28.7 Å². The number of aromatic nitrogens is 1. The minimum atomic E-state index is -0.843. The first-order chi connectivity index (χ1) is 15.7. The first-order valence-electron chi connectivity index (χ1n) is 12.4. The lowest BCUT2D eigenvalue weighted by Gasteiger charge is -2.29. The van der Waals surface area contributed by atoms with Gasteiger partial charge in [-0.3, -0.25) is 0 Å². The lowest BCUT2D eigenvalue weighted by molar-refractivity contribution is 0.0697. The highest BCUT2D eigenvalue weighted by atomic mass is 16.4. The Hall–Kier alpha value is -2.75. The summed E-state index contributed by atoms with van der Waals surface area (Å²) in [6.07, 6.45) is 8.66. The molecule has 1 aliphatic carbocycles. The average molecular weight is 429 g/mol. The van der Waals surface area contributed by atoms with E-state index in [1.165, 1.54) is 72.0 Å². The lowest BCUT2D eigenvalue weighted by atomic mass is 9.81. The zero-order valence-electron chi connectivity index (χ0n) is 18.9. The molecule has 3 heterocycles. The maximum absolute atomic E-state index is 11.8. The quantitative estimate of drug-likeness (QED) is 0.501. The van der Waals surface area contributed by atoms with Crippen molar-refractivity contribution in [2.24, 2.45) is 0 Å². The molecule has 0 amide bonds. The third-order valence-corrected chi connectivity index (χ3v) is 8.19. The predicted octanol–water partition coefficient (Wildman–Crippen LogP) is 6.77. The number of rotatable bonds is 3. The van der Waals surface area contributed by atoms with Crippen molar-refractivity contribution in [2.75, 3.05) is 18.0 Å². The van der Waals surface area contributed by atoms with Gasteiger partial charge in [0.05, 0.1) is 11.3 Å². The van der Waals surface area contributed by atoms with Gasteiger partial charge in [-0.1, -0.05) is 50.5 Å². The highest BCUT2D eigenvalue weighted by Crippen LogP contribution is 2.51. The molecular weight excluding hydrogens is 396 g/mol. The summed E-state index contributed by atoms with van der Waals surface area (Å²) in [5, 5.41) is 11.0. The van der Waals surface area contributed by atoms with Gasteiger partial charge in [-0.2, -0.15) is 0 Å². The molecule has 3 aromatic rings. The Bertz CT molecular complexity index is 1200. The van der Waals surface area contributed by atoms with Crippen molar-refractivity contribution in [3.05, 3.63) is 53.1 Å². The van der Waals surface area contributed by atoms with E-state index in [-0.39, 0.29) is 0 Å². The molecule has 2 aliphatic heterocycles. The van der Waals surface area contributed by atoms with Gasteiger partial charge in [0.25, 0.3) is 0 Å². The Morgan fingerprint density at radius 3 is 2.69 bits per heavy atom. The number of hydrogen-bond donors (Lipinski definition) is 1. The van der Waals surface area contributed by atoms with Gasteiger partial charge in [-0.25, -0.2) is 4.79 Å². The number of para-hydroxylation sites is 1. The van der Waals surface area contributed by atoms with Gasteiger partial charge in [-0.05, 0) is 54.9 Å². The van der Waals surface area contributed by atoms with Gasteiger partial charge in [-0.15, -0.1) is 0 Å². The van der Waals surface area contributed by atoms with Crippen molar-refractivity contribution < 1.29 is 9.90 Å². The Morgan fingerprint density at radius 1 is 1.06 bits per heavy atom. The molecule has 2 aromatic carbocycles. The molecule has 1 fully saturated rings. The van der Waals surface area contributed by atoms with Crippen LogP contribution in [0.25, 0.3) is 22.2 Å². The summed E-state index contributed by atoms with van der Waals surface area (Å²) in [6, 6.07) is 12.7. The zero-order chi connectivity index (χ0) is 21.8. The molecule has 1 saturated carbocycles. The molecule has 1 atom stereocenters. The standard InChI is InChI=1S/C28H32N2O2/c1-2-18-17-29-14-7-15-30-24-16-20(28(31)32)12-13-22(24)25(19-8-4-3-5-9-19)27(30)23-11-6-10-21(18)26(23)29/h6,10-13,16,18-19H,2-5,7-9,14-15,17H2,1H3,(H,31,32). The molecule has 4 heteroatoms. The molecule has 0 bridgehead atoms. The minimum absolute atomic E-state index is 0.390. The zero-order valence-corrected chi connectivity index (χ0v) is 18.9. The Kier molecular flexibility index (Phi) is 4.78. The molecule has 166 valence electrons. The van der Waals surface area contributed by atoms with Crippen LogP contribution < -0.4 is 4.90 Å². The SMILES string of the molecule is CCC1CN2CCCn3c(c(C4CCCCC4)c4ccc(C(=O)O)cc43)-c3cccc1c32. The minimum Gasteiger partial charge on any atom is -0.478 e. The van der Waals surface area contributed by atoms with Crippen LogP contribution in [0.3, 0.4) is 0 Å². The fraction of sp³-hybridized carbons (Fsp3) is 0.464. The molecular formula is C28H32N2O2. The Morgan fingerprint density at radius 2 is 1.91 bits per heavy atom. The topological polar surface area (TPSA) is 45.5 Å². The number of anilines is 1. The summed E-state index contributed by atoms with van der Waals surface area (Å²) in [5.74, 6) is 0.327. The van der Waals surface area contributed by atoms with Gasteiger partial charge in [0.2, 0.25) is 0 Å². The van der Waals surface area contributed by atoms with Gasteiger partial charge in [0.15, 0.2) is 0 Å². The number of aryl methyl sites for hydroxylation is 1. The molecule has 0 spiro atoms. The molecule has 6 rings (SSSR count). The Labute approximate surface area is 189 Å². The summed E-state index contributed by atoms with van der Waals surface area (Å²) in [5.41, 5.74) is 8.66. The van der Waals surface area contributed by atoms with Crippen molar-refractivity contribution in [3.8, 4) is 11.3 Å². The summed E-state index contributed by atoms with van der Waals surface area (Å²) in [6.45, 7) is 5.45. The van der Waals surface area contributed by atoms with Crippen molar-refractivity contribution in [3.63, 3.8) is 0 Å². The first-order valence-corrected chi connectivity index (χ1v) is 12.4. The number of nitrogens with zero attached hydrogens (tertiary/aromatic N) is 2. The fourth-order valence-electron chi connectivity index (χ4n) is 6.70. The predicted molar refractivity (Wildman–Crippen MR) is 130 cm³/mol. The number of carboxylic acid groups (broad SMARTS) is 1. The highest BCUT2D eigenvalue weighted by molar-refractivity contribution is 6.00. The van der Waals surface area contributed by atoms with Crippen LogP contribution in [0, 0.1) is 0 Å². The molecule has 1 unspecified atom stereocenters. The van der Waals surface area contributed by atoms with Crippen LogP contribution in [0.2, 0.25) is 0 Å². The second-order valence-corrected chi connectivity index (χ2v) is 9.93. The summed E-state index contributed by atoms with van der Waals surface area (Å²) < 4.78 is 2.47. The number of carboxylic acids is 1. The van der Waals surface area contributed by atoms with Gasteiger partial charge >= 0.3 is 5.97 Å². The molecule has 3 aliphatic rings. The van der Waals surface area contributed by atoms with Gasteiger partial charge < -0.3 is 14.6 Å². The molecule has 4 nitrogen and oxygen atoms in total. The van der Waals surface area contributed by atoms with Gasteiger partial charge in [0.1, 0.15) is 0 Å². The van der Waals surface area contributed by atoms with E-state index < -0.39 is 5.97 Å². The van der Waals surface area contributed by atoms with E-state index in [4.69, 9.17) is 0 Å². The third-order valence-electron chi connectivity index (χ3n) is 8.19. The van der Waals surface area contributed by atoms with Crippen LogP contribution in [-0.2, 0) is 6.54 Å². The largest absolute Gasteiger partial charge is 0.478 e. The van der Waals surface area contributed by atoms with E-state index in [1.807, 2.05) is 6.07 Å². The number of carbonyl (C=O) groups is 1. The molecule has 0 saturated heterocycles. The van der Waals surface area contributed by atoms with E-state index in [0.717, 1.165) is 31.6 Å². The van der Waals surface area contributed by atoms with E-state index in [9.17, 15) is 9.90 Å². The van der Waals surface area contributed by atoms with Crippen molar-refractivity contribution in [2.45, 2.75) is 70.3 Å². The molecule has 1 aromatic heterocycles. The van der Waals surface area contributed by atoms with Crippen molar-refractivity contribution >= 4 is 22.6 Å². The summed E-state index contributed by atoms with van der Waals surface area (Å²) >= 11 is 0. The van der Waals surface area contributed by atoms with E-state index in [1.54, 1.807) is 6.07 Å². The van der Waals surface area contributed by atoms with E-state index in [0.29, 0.717) is 17.4 Å². The maximum Gasteiger partial charge on any atom is 0.335 e. The van der Waals surface area contributed by atoms with Crippen molar-refractivity contribution in [1.82, 2.24) is 4.57 Å². The first kappa shape index (κ1) is 19.9. The summed E-state index contributed by atoms with van der Waals surface area (Å²) in [7, 11) is 0. The normalized spacial score (nSPS) is 20.7. The van der Waals surface area contributed by atoms with E-state index >= 15 is 0 Å². The van der Waals surface area contributed by atoms with Crippen molar-refractivity contribution in [1.29, 1.82) is 0 Å². The van der Waals surface area contributed by atoms with E-state index in [2.05, 4.69) is 40.7 Å². The van der Waals surface area contributed by atoms with Crippen LogP contribution >= 0.6 is 0 Å².